The van der Waals surface area contributed by atoms with Crippen LogP contribution in [0.25, 0.3) is 0 Å². The van der Waals surface area contributed by atoms with Crippen LogP contribution in [-0.4, -0.2) is 46.6 Å². The Labute approximate surface area is 143 Å². The van der Waals surface area contributed by atoms with Crippen LogP contribution in [0.5, 0.6) is 0 Å². The molecule has 2 saturated heterocycles. The fraction of sp³-hybridized carbons (Fsp3) is 0.684. The summed E-state index contributed by atoms with van der Waals surface area (Å²) in [6, 6.07) is 5.15. The topological polar surface area (TPSA) is 54.5 Å². The molecule has 24 heavy (non-hydrogen) atoms. The lowest BCUT2D eigenvalue weighted by molar-refractivity contribution is -0.133. The van der Waals surface area contributed by atoms with Gasteiger partial charge < -0.3 is 15.0 Å². The van der Waals surface area contributed by atoms with Gasteiger partial charge in [-0.25, -0.2) is 0 Å². The quantitative estimate of drug-likeness (QED) is 0.921. The molecule has 4 rings (SSSR count). The van der Waals surface area contributed by atoms with Crippen molar-refractivity contribution < 1.29 is 9.53 Å². The molecule has 3 aliphatic rings. The second-order valence-corrected chi connectivity index (χ2v) is 7.56. The molecule has 130 valence electrons. The molecule has 1 N–H and O–H groups in total. The van der Waals surface area contributed by atoms with E-state index in [1.165, 1.54) is 5.56 Å². The Kier molecular flexibility index (Phi) is 4.55. The van der Waals surface area contributed by atoms with Gasteiger partial charge in [0.05, 0.1) is 6.61 Å². The highest BCUT2D eigenvalue weighted by Crippen LogP contribution is 2.43. The van der Waals surface area contributed by atoms with E-state index in [9.17, 15) is 4.79 Å². The summed E-state index contributed by atoms with van der Waals surface area (Å²) in [7, 11) is 0. The molecule has 1 unspecified atom stereocenters. The first-order valence-corrected chi connectivity index (χ1v) is 9.28. The number of nitrogens with one attached hydrogen (secondary N) is 1. The van der Waals surface area contributed by atoms with Gasteiger partial charge in [0.2, 0.25) is 5.91 Å². The van der Waals surface area contributed by atoms with Crippen molar-refractivity contribution in [2.24, 2.45) is 0 Å². The summed E-state index contributed by atoms with van der Waals surface area (Å²) in [5.41, 5.74) is 1.27. The SMILES string of the molecule is O=C1CCC2(CCC(NC3CCOC3)CC2)N1Cc1ccncc1. The predicted molar refractivity (Wildman–Crippen MR) is 91.4 cm³/mol. The monoisotopic (exact) mass is 329 g/mol. The van der Waals surface area contributed by atoms with Crippen molar-refractivity contribution in [1.82, 2.24) is 15.2 Å². The van der Waals surface area contributed by atoms with Gasteiger partial charge in [-0.05, 0) is 56.2 Å². The number of amides is 1. The molecule has 5 nitrogen and oxygen atoms in total. The van der Waals surface area contributed by atoms with E-state index in [4.69, 9.17) is 4.74 Å². The summed E-state index contributed by atoms with van der Waals surface area (Å²) in [6.07, 6.45) is 11.1. The van der Waals surface area contributed by atoms with Crippen LogP contribution in [0.4, 0.5) is 0 Å². The minimum atomic E-state index is 0.0880. The van der Waals surface area contributed by atoms with Crippen LogP contribution in [0, 0.1) is 0 Å². The Morgan fingerprint density at radius 2 is 1.96 bits per heavy atom. The molecule has 2 aliphatic heterocycles. The first-order chi connectivity index (χ1) is 11.8. The van der Waals surface area contributed by atoms with Crippen LogP contribution >= 0.6 is 0 Å². The minimum Gasteiger partial charge on any atom is -0.380 e. The molecule has 1 atom stereocenters. The normalized spacial score (nSPS) is 33.5. The molecular weight excluding hydrogens is 302 g/mol. The van der Waals surface area contributed by atoms with Crippen LogP contribution in [0.1, 0.15) is 50.5 Å². The molecule has 0 bridgehead atoms. The predicted octanol–water partition coefficient (Wildman–Crippen LogP) is 2.26. The Bertz CT molecular complexity index is 563. The van der Waals surface area contributed by atoms with Gasteiger partial charge in [0, 0.05) is 49.6 Å². The molecule has 5 heteroatoms. The number of likely N-dealkylation sites (tertiary alicyclic amines) is 1. The number of nitrogens with zero attached hydrogens (tertiary/aromatic N) is 2. The Morgan fingerprint density at radius 3 is 2.67 bits per heavy atom. The van der Waals surface area contributed by atoms with Crippen molar-refractivity contribution in [2.45, 2.75) is 69.1 Å². The second kappa shape index (κ2) is 6.81. The maximum absolute atomic E-state index is 12.5. The maximum Gasteiger partial charge on any atom is 0.223 e. The highest BCUT2D eigenvalue weighted by Gasteiger charge is 2.47. The number of hydrogen-bond donors (Lipinski definition) is 1. The van der Waals surface area contributed by atoms with E-state index < -0.39 is 0 Å². The standard InChI is InChI=1S/C19H27N3O2/c23-18-3-9-19(22(18)13-15-4-10-20-11-5-15)7-1-16(2-8-19)21-17-6-12-24-14-17/h4-5,10-11,16-17,21H,1-3,6-9,12-14H2. The molecule has 1 aromatic heterocycles. The van der Waals surface area contributed by atoms with E-state index in [-0.39, 0.29) is 5.54 Å². The summed E-state index contributed by atoms with van der Waals surface area (Å²) in [5.74, 6) is 0.322. The van der Waals surface area contributed by atoms with E-state index >= 15 is 0 Å². The van der Waals surface area contributed by atoms with Gasteiger partial charge in [0.25, 0.3) is 0 Å². The molecule has 0 aromatic carbocycles. The number of rotatable bonds is 4. The molecule has 1 saturated carbocycles. The average molecular weight is 329 g/mol. The summed E-state index contributed by atoms with van der Waals surface area (Å²) in [6.45, 7) is 2.48. The van der Waals surface area contributed by atoms with E-state index in [0.29, 0.717) is 24.4 Å². The van der Waals surface area contributed by atoms with Crippen molar-refractivity contribution in [1.29, 1.82) is 0 Å². The van der Waals surface area contributed by atoms with Crippen molar-refractivity contribution in [3.05, 3.63) is 30.1 Å². The Hall–Kier alpha value is -1.46. The van der Waals surface area contributed by atoms with Gasteiger partial charge in [-0.2, -0.15) is 0 Å². The van der Waals surface area contributed by atoms with Gasteiger partial charge in [-0.3, -0.25) is 9.78 Å². The van der Waals surface area contributed by atoms with Gasteiger partial charge in [0.1, 0.15) is 0 Å². The number of hydrogen-bond acceptors (Lipinski definition) is 4. The van der Waals surface area contributed by atoms with Gasteiger partial charge >= 0.3 is 0 Å². The van der Waals surface area contributed by atoms with E-state index in [1.54, 1.807) is 0 Å². The number of pyridine rings is 1. The van der Waals surface area contributed by atoms with E-state index in [2.05, 4.69) is 15.2 Å². The Morgan fingerprint density at radius 1 is 1.17 bits per heavy atom. The van der Waals surface area contributed by atoms with Crippen molar-refractivity contribution in [2.75, 3.05) is 13.2 Å². The van der Waals surface area contributed by atoms with E-state index in [0.717, 1.165) is 58.3 Å². The fourth-order valence-electron chi connectivity index (χ4n) is 4.64. The zero-order chi connectivity index (χ0) is 16.4. The Balaban J connectivity index is 1.39. The number of ether oxygens (including phenoxy) is 1. The second-order valence-electron chi connectivity index (χ2n) is 7.56. The van der Waals surface area contributed by atoms with Crippen LogP contribution in [0.3, 0.4) is 0 Å². The molecule has 1 amide bonds. The van der Waals surface area contributed by atoms with Gasteiger partial charge in [-0.1, -0.05) is 0 Å². The number of carbonyl (C=O) groups is 1. The zero-order valence-corrected chi connectivity index (χ0v) is 14.2. The lowest BCUT2D eigenvalue weighted by Crippen LogP contribution is -2.51. The molecular formula is C19H27N3O2. The summed E-state index contributed by atoms with van der Waals surface area (Å²) >= 11 is 0. The maximum atomic E-state index is 12.5. The lowest BCUT2D eigenvalue weighted by atomic mass is 9.77. The summed E-state index contributed by atoms with van der Waals surface area (Å²) < 4.78 is 5.47. The van der Waals surface area contributed by atoms with Crippen LogP contribution in [-0.2, 0) is 16.1 Å². The number of carbonyl (C=O) groups excluding carboxylic acids is 1. The first-order valence-electron chi connectivity index (χ1n) is 9.28. The van der Waals surface area contributed by atoms with Gasteiger partial charge in [-0.15, -0.1) is 0 Å². The molecule has 1 aromatic rings. The van der Waals surface area contributed by atoms with E-state index in [1.807, 2.05) is 24.5 Å². The highest BCUT2D eigenvalue weighted by molar-refractivity contribution is 5.79. The molecule has 1 aliphatic carbocycles. The van der Waals surface area contributed by atoms with Crippen molar-refractivity contribution >= 4 is 5.91 Å². The van der Waals surface area contributed by atoms with Crippen LogP contribution in [0.2, 0.25) is 0 Å². The minimum absolute atomic E-state index is 0.0880. The van der Waals surface area contributed by atoms with Crippen molar-refractivity contribution in [3.63, 3.8) is 0 Å². The smallest absolute Gasteiger partial charge is 0.223 e. The first kappa shape index (κ1) is 16.0. The largest absolute Gasteiger partial charge is 0.380 e. The fourth-order valence-corrected chi connectivity index (χ4v) is 4.64. The van der Waals surface area contributed by atoms with Crippen LogP contribution in [0.15, 0.2) is 24.5 Å². The third-order valence-electron chi connectivity index (χ3n) is 6.09. The van der Waals surface area contributed by atoms with Gasteiger partial charge in [0.15, 0.2) is 0 Å². The molecule has 0 radical (unpaired) electrons. The lowest BCUT2D eigenvalue weighted by Gasteiger charge is -2.44. The molecule has 3 fully saturated rings. The highest BCUT2D eigenvalue weighted by atomic mass is 16.5. The third kappa shape index (κ3) is 3.20. The summed E-state index contributed by atoms with van der Waals surface area (Å²) in [4.78, 5) is 18.7. The average Bonchev–Trinajstić information content (AvgIpc) is 3.22. The summed E-state index contributed by atoms with van der Waals surface area (Å²) in [5, 5.41) is 3.76. The third-order valence-corrected chi connectivity index (χ3v) is 6.09. The van der Waals surface area contributed by atoms with Crippen LogP contribution < -0.4 is 5.32 Å². The zero-order valence-electron chi connectivity index (χ0n) is 14.2. The van der Waals surface area contributed by atoms with Crippen molar-refractivity contribution in [3.8, 4) is 0 Å². The number of aromatic nitrogens is 1. The molecule has 3 heterocycles. The molecule has 1 spiro atoms.